The zero-order valence-electron chi connectivity index (χ0n) is 16.1. The number of primary amides is 1. The predicted molar refractivity (Wildman–Crippen MR) is 98.0 cm³/mol. The molecule has 0 aliphatic heterocycles. The lowest BCUT2D eigenvalue weighted by molar-refractivity contribution is -0.141. The SMILES string of the molecule is CC(NC(=O)C(C)NC(=O)C(CCC(=O)O)NC(=O)C(N)CCC(N)=O)C(=O)O. The van der Waals surface area contributed by atoms with Crippen LogP contribution in [0.3, 0.4) is 0 Å². The number of hydrogen-bond acceptors (Lipinski definition) is 7. The minimum absolute atomic E-state index is 0.0691. The lowest BCUT2D eigenvalue weighted by Gasteiger charge is -2.22. The Hall–Kier alpha value is -3.22. The average molecular weight is 417 g/mol. The third-order valence-electron chi connectivity index (χ3n) is 3.80. The minimum atomic E-state index is -1.31. The number of rotatable bonds is 13. The Labute approximate surface area is 166 Å². The molecule has 0 saturated heterocycles. The first kappa shape index (κ1) is 25.8. The molecule has 0 aromatic rings. The van der Waals surface area contributed by atoms with E-state index >= 15 is 0 Å². The molecule has 9 N–H and O–H groups in total. The highest BCUT2D eigenvalue weighted by Gasteiger charge is 2.27. The number of nitrogens with two attached hydrogens (primary N) is 2. The van der Waals surface area contributed by atoms with Crippen molar-refractivity contribution in [1.82, 2.24) is 16.0 Å². The fourth-order valence-electron chi connectivity index (χ4n) is 2.02. The summed E-state index contributed by atoms with van der Waals surface area (Å²) in [5.74, 6) is -5.58. The number of carboxylic acid groups (broad SMARTS) is 2. The van der Waals surface area contributed by atoms with E-state index in [1.807, 2.05) is 0 Å². The van der Waals surface area contributed by atoms with Gasteiger partial charge in [-0.05, 0) is 26.7 Å². The summed E-state index contributed by atoms with van der Waals surface area (Å²) < 4.78 is 0. The molecule has 0 heterocycles. The average Bonchev–Trinajstić information content (AvgIpc) is 2.61. The summed E-state index contributed by atoms with van der Waals surface area (Å²) in [6, 6.07) is -4.81. The predicted octanol–water partition coefficient (Wildman–Crippen LogP) is -2.98. The molecule has 4 atom stereocenters. The maximum Gasteiger partial charge on any atom is 0.325 e. The van der Waals surface area contributed by atoms with E-state index in [1.165, 1.54) is 13.8 Å². The van der Waals surface area contributed by atoms with Crippen LogP contribution in [0.15, 0.2) is 0 Å². The van der Waals surface area contributed by atoms with Crippen LogP contribution >= 0.6 is 0 Å². The van der Waals surface area contributed by atoms with Gasteiger partial charge in [0, 0.05) is 12.8 Å². The van der Waals surface area contributed by atoms with E-state index in [1.54, 1.807) is 0 Å². The maximum atomic E-state index is 12.4. The van der Waals surface area contributed by atoms with Crippen molar-refractivity contribution in [1.29, 1.82) is 0 Å². The molecule has 0 aromatic carbocycles. The lowest BCUT2D eigenvalue weighted by atomic mass is 10.1. The van der Waals surface area contributed by atoms with Gasteiger partial charge in [0.05, 0.1) is 6.04 Å². The quantitative estimate of drug-likeness (QED) is 0.162. The standard InChI is InChI=1S/C16H27N5O8/c1-7(13(25)20-8(2)16(28)29)19-15(27)10(4-6-12(23)24)21-14(26)9(17)3-5-11(18)22/h7-10H,3-6,17H2,1-2H3,(H2,18,22)(H,19,27)(H,20,25)(H,21,26)(H,23,24)(H,28,29). The van der Waals surface area contributed by atoms with Crippen molar-refractivity contribution in [2.45, 2.75) is 63.7 Å². The number of carbonyl (C=O) groups is 6. The number of carboxylic acids is 2. The van der Waals surface area contributed by atoms with Crippen LogP contribution in [0.1, 0.15) is 39.5 Å². The summed E-state index contributed by atoms with van der Waals surface area (Å²) in [6.45, 7) is 2.52. The Balaban J connectivity index is 5.00. The van der Waals surface area contributed by atoms with Crippen molar-refractivity contribution in [3.05, 3.63) is 0 Å². The summed E-state index contributed by atoms with van der Waals surface area (Å²) in [6.07, 6.45) is -0.958. The molecule has 29 heavy (non-hydrogen) atoms. The molecule has 0 aliphatic carbocycles. The summed E-state index contributed by atoms with van der Waals surface area (Å²) in [5.41, 5.74) is 10.6. The number of carbonyl (C=O) groups excluding carboxylic acids is 4. The summed E-state index contributed by atoms with van der Waals surface area (Å²) in [5, 5.41) is 24.3. The zero-order valence-corrected chi connectivity index (χ0v) is 16.1. The van der Waals surface area contributed by atoms with E-state index in [2.05, 4.69) is 16.0 Å². The van der Waals surface area contributed by atoms with Crippen LogP contribution in [0.5, 0.6) is 0 Å². The molecule has 0 spiro atoms. The first-order valence-corrected chi connectivity index (χ1v) is 8.74. The van der Waals surface area contributed by atoms with Crippen LogP contribution in [-0.2, 0) is 28.8 Å². The van der Waals surface area contributed by atoms with Crippen molar-refractivity contribution in [2.75, 3.05) is 0 Å². The van der Waals surface area contributed by atoms with Gasteiger partial charge in [0.1, 0.15) is 18.1 Å². The fraction of sp³-hybridized carbons (Fsp3) is 0.625. The van der Waals surface area contributed by atoms with Crippen molar-refractivity contribution in [2.24, 2.45) is 11.5 Å². The number of nitrogens with one attached hydrogen (secondary N) is 3. The lowest BCUT2D eigenvalue weighted by Crippen LogP contribution is -2.56. The van der Waals surface area contributed by atoms with Crippen molar-refractivity contribution in [3.8, 4) is 0 Å². The normalized spacial score (nSPS) is 14.6. The maximum absolute atomic E-state index is 12.4. The van der Waals surface area contributed by atoms with E-state index in [0.29, 0.717) is 0 Å². The molecule has 0 saturated carbocycles. The summed E-state index contributed by atoms with van der Waals surface area (Å²) >= 11 is 0. The van der Waals surface area contributed by atoms with Crippen LogP contribution in [0.4, 0.5) is 0 Å². The molecule has 4 unspecified atom stereocenters. The minimum Gasteiger partial charge on any atom is -0.481 e. The molecule has 0 rings (SSSR count). The van der Waals surface area contributed by atoms with Crippen LogP contribution in [0.2, 0.25) is 0 Å². The molecule has 0 bridgehead atoms. The monoisotopic (exact) mass is 417 g/mol. The van der Waals surface area contributed by atoms with Gasteiger partial charge in [-0.25, -0.2) is 0 Å². The van der Waals surface area contributed by atoms with Crippen molar-refractivity contribution < 1.29 is 39.0 Å². The molecule has 0 fully saturated rings. The topological polar surface area (TPSA) is 231 Å². The first-order valence-electron chi connectivity index (χ1n) is 8.74. The molecular weight excluding hydrogens is 390 g/mol. The second kappa shape index (κ2) is 12.3. The van der Waals surface area contributed by atoms with Crippen LogP contribution < -0.4 is 27.4 Å². The highest BCUT2D eigenvalue weighted by Crippen LogP contribution is 2.02. The van der Waals surface area contributed by atoms with Crippen LogP contribution in [-0.4, -0.2) is 69.9 Å². The van der Waals surface area contributed by atoms with Gasteiger partial charge in [-0.3, -0.25) is 28.8 Å². The van der Waals surface area contributed by atoms with E-state index in [4.69, 9.17) is 21.7 Å². The third kappa shape index (κ3) is 10.6. The number of hydrogen-bond donors (Lipinski definition) is 7. The smallest absolute Gasteiger partial charge is 0.325 e. The second-order valence-corrected chi connectivity index (χ2v) is 6.40. The Morgan fingerprint density at radius 3 is 1.83 bits per heavy atom. The summed E-state index contributed by atoms with van der Waals surface area (Å²) in [7, 11) is 0. The first-order chi connectivity index (χ1) is 13.3. The number of amides is 4. The number of aliphatic carboxylic acids is 2. The Bertz CT molecular complexity index is 653. The van der Waals surface area contributed by atoms with Gasteiger partial charge < -0.3 is 37.6 Å². The Morgan fingerprint density at radius 2 is 1.34 bits per heavy atom. The molecule has 164 valence electrons. The molecule has 13 heteroatoms. The molecule has 13 nitrogen and oxygen atoms in total. The van der Waals surface area contributed by atoms with E-state index in [0.717, 1.165) is 0 Å². The zero-order chi connectivity index (χ0) is 22.7. The van der Waals surface area contributed by atoms with Gasteiger partial charge in [-0.2, -0.15) is 0 Å². The largest absolute Gasteiger partial charge is 0.481 e. The van der Waals surface area contributed by atoms with Crippen molar-refractivity contribution in [3.63, 3.8) is 0 Å². The van der Waals surface area contributed by atoms with Crippen LogP contribution in [0.25, 0.3) is 0 Å². The second-order valence-electron chi connectivity index (χ2n) is 6.40. The van der Waals surface area contributed by atoms with Gasteiger partial charge in [0.15, 0.2) is 0 Å². The van der Waals surface area contributed by atoms with Gasteiger partial charge in [-0.15, -0.1) is 0 Å². The molecule has 4 amide bonds. The summed E-state index contributed by atoms with van der Waals surface area (Å²) in [4.78, 5) is 68.7. The molecule has 0 aliphatic rings. The Kier molecular flexibility index (Phi) is 10.9. The van der Waals surface area contributed by atoms with E-state index < -0.39 is 66.2 Å². The third-order valence-corrected chi connectivity index (χ3v) is 3.80. The Morgan fingerprint density at radius 1 is 0.793 bits per heavy atom. The molecule has 0 aromatic heterocycles. The van der Waals surface area contributed by atoms with Crippen molar-refractivity contribution >= 4 is 35.6 Å². The highest BCUT2D eigenvalue weighted by molar-refractivity contribution is 5.94. The molecule has 0 radical (unpaired) electrons. The fourth-order valence-corrected chi connectivity index (χ4v) is 2.02. The van der Waals surface area contributed by atoms with E-state index in [9.17, 15) is 28.8 Å². The van der Waals surface area contributed by atoms with Gasteiger partial charge >= 0.3 is 11.9 Å². The van der Waals surface area contributed by atoms with Gasteiger partial charge in [0.25, 0.3) is 0 Å². The van der Waals surface area contributed by atoms with E-state index in [-0.39, 0.29) is 19.3 Å². The van der Waals surface area contributed by atoms with Gasteiger partial charge in [0.2, 0.25) is 23.6 Å². The van der Waals surface area contributed by atoms with Crippen LogP contribution in [0, 0.1) is 0 Å². The molecular formula is C16H27N5O8. The highest BCUT2D eigenvalue weighted by atomic mass is 16.4. The van der Waals surface area contributed by atoms with Gasteiger partial charge in [-0.1, -0.05) is 0 Å².